The molecule has 3 nitrogen and oxygen atoms in total. The van der Waals surface area contributed by atoms with Crippen LogP contribution in [0.15, 0.2) is 23.0 Å². The summed E-state index contributed by atoms with van der Waals surface area (Å²) in [5.41, 5.74) is 4.43. The minimum atomic E-state index is 0.220. The molecule has 130 valence electrons. The molecule has 1 fully saturated rings. The van der Waals surface area contributed by atoms with Crippen LogP contribution in [0.2, 0.25) is 0 Å². The van der Waals surface area contributed by atoms with Crippen LogP contribution in [0.25, 0.3) is 10.9 Å². The SMILES string of the molecule is CCCCc1ccc2[nH]c(C)c(CN3CCCC[C@H]3C)c(=O)c2c1. The van der Waals surface area contributed by atoms with Gasteiger partial charge in [0, 0.05) is 34.7 Å². The summed E-state index contributed by atoms with van der Waals surface area (Å²) in [7, 11) is 0. The summed E-state index contributed by atoms with van der Waals surface area (Å²) in [6, 6.07) is 6.90. The van der Waals surface area contributed by atoms with Gasteiger partial charge in [-0.2, -0.15) is 0 Å². The monoisotopic (exact) mass is 326 g/mol. The van der Waals surface area contributed by atoms with Crippen molar-refractivity contribution in [3.8, 4) is 0 Å². The molecule has 0 radical (unpaired) electrons. The van der Waals surface area contributed by atoms with Crippen LogP contribution in [0.3, 0.4) is 0 Å². The Labute approximate surface area is 145 Å². The summed E-state index contributed by atoms with van der Waals surface area (Å²) >= 11 is 0. The maximum Gasteiger partial charge on any atom is 0.194 e. The number of hydrogen-bond acceptors (Lipinski definition) is 2. The molecule has 0 bridgehead atoms. The summed E-state index contributed by atoms with van der Waals surface area (Å²) < 4.78 is 0. The van der Waals surface area contributed by atoms with E-state index in [0.717, 1.165) is 41.7 Å². The number of nitrogens with zero attached hydrogens (tertiary/aromatic N) is 1. The van der Waals surface area contributed by atoms with Gasteiger partial charge in [-0.1, -0.05) is 25.8 Å². The highest BCUT2D eigenvalue weighted by atomic mass is 16.1. The number of hydrogen-bond donors (Lipinski definition) is 1. The molecule has 0 unspecified atom stereocenters. The van der Waals surface area contributed by atoms with E-state index in [1.807, 2.05) is 6.92 Å². The van der Waals surface area contributed by atoms with E-state index < -0.39 is 0 Å². The van der Waals surface area contributed by atoms with Gasteiger partial charge in [0.2, 0.25) is 0 Å². The number of H-pyrrole nitrogens is 1. The largest absolute Gasteiger partial charge is 0.358 e. The second kappa shape index (κ2) is 7.52. The van der Waals surface area contributed by atoms with Gasteiger partial charge in [-0.25, -0.2) is 0 Å². The molecule has 1 saturated heterocycles. The zero-order valence-electron chi connectivity index (χ0n) is 15.3. The highest BCUT2D eigenvalue weighted by molar-refractivity contribution is 5.80. The number of piperidine rings is 1. The van der Waals surface area contributed by atoms with E-state index in [2.05, 4.69) is 41.9 Å². The number of fused-ring (bicyclic) bond motifs is 1. The Bertz CT molecular complexity index is 762. The van der Waals surface area contributed by atoms with E-state index in [0.29, 0.717) is 6.04 Å². The first-order valence-corrected chi connectivity index (χ1v) is 9.48. The van der Waals surface area contributed by atoms with Crippen LogP contribution in [0, 0.1) is 6.92 Å². The molecular formula is C21H30N2O. The van der Waals surface area contributed by atoms with Gasteiger partial charge in [-0.3, -0.25) is 9.69 Å². The zero-order chi connectivity index (χ0) is 17.1. The Morgan fingerprint density at radius 1 is 1.29 bits per heavy atom. The topological polar surface area (TPSA) is 36.1 Å². The smallest absolute Gasteiger partial charge is 0.194 e. The number of aromatic nitrogens is 1. The van der Waals surface area contributed by atoms with Crippen LogP contribution in [0.5, 0.6) is 0 Å². The molecule has 3 heteroatoms. The molecule has 1 aliphatic rings. The number of aryl methyl sites for hydroxylation is 2. The molecular weight excluding hydrogens is 296 g/mol. The lowest BCUT2D eigenvalue weighted by Crippen LogP contribution is -2.38. The average Bonchev–Trinajstić information content (AvgIpc) is 2.58. The number of pyridine rings is 1. The van der Waals surface area contributed by atoms with Gasteiger partial charge in [-0.05, 0) is 63.8 Å². The van der Waals surface area contributed by atoms with E-state index in [1.54, 1.807) is 0 Å². The van der Waals surface area contributed by atoms with Gasteiger partial charge in [0.25, 0.3) is 0 Å². The van der Waals surface area contributed by atoms with Gasteiger partial charge in [0.05, 0.1) is 0 Å². The predicted octanol–water partition coefficient (Wildman–Crippen LogP) is 4.55. The standard InChI is InChI=1S/C21H30N2O/c1-4-5-9-17-10-11-20-18(13-17)21(24)19(16(3)22-20)14-23-12-7-6-8-15(23)2/h10-11,13,15H,4-9,12,14H2,1-3H3,(H,22,24)/t15-/m1/s1. The molecule has 1 N–H and O–H groups in total. The van der Waals surface area contributed by atoms with Gasteiger partial charge >= 0.3 is 0 Å². The molecule has 24 heavy (non-hydrogen) atoms. The van der Waals surface area contributed by atoms with Crippen molar-refractivity contribution in [2.24, 2.45) is 0 Å². The van der Waals surface area contributed by atoms with Crippen molar-refractivity contribution < 1.29 is 0 Å². The number of likely N-dealkylation sites (tertiary alicyclic amines) is 1. The average molecular weight is 326 g/mol. The predicted molar refractivity (Wildman–Crippen MR) is 102 cm³/mol. The normalized spacial score (nSPS) is 19.0. The molecule has 1 aromatic heterocycles. The molecule has 1 atom stereocenters. The molecule has 0 amide bonds. The second-order valence-electron chi connectivity index (χ2n) is 7.36. The fourth-order valence-corrected chi connectivity index (χ4v) is 3.82. The van der Waals surface area contributed by atoms with Gasteiger partial charge in [-0.15, -0.1) is 0 Å². The van der Waals surface area contributed by atoms with Crippen LogP contribution in [-0.2, 0) is 13.0 Å². The summed E-state index contributed by atoms with van der Waals surface area (Å²) in [6.07, 6.45) is 7.21. The van der Waals surface area contributed by atoms with Crippen LogP contribution in [-0.4, -0.2) is 22.5 Å². The fraction of sp³-hybridized carbons (Fsp3) is 0.571. The maximum atomic E-state index is 13.1. The van der Waals surface area contributed by atoms with Crippen LogP contribution >= 0.6 is 0 Å². The highest BCUT2D eigenvalue weighted by Gasteiger charge is 2.21. The zero-order valence-corrected chi connectivity index (χ0v) is 15.3. The highest BCUT2D eigenvalue weighted by Crippen LogP contribution is 2.21. The van der Waals surface area contributed by atoms with Crippen molar-refractivity contribution in [2.45, 2.75) is 71.9 Å². The fourth-order valence-electron chi connectivity index (χ4n) is 3.82. The molecule has 1 aromatic carbocycles. The van der Waals surface area contributed by atoms with Crippen molar-refractivity contribution in [2.75, 3.05) is 6.54 Å². The number of benzene rings is 1. The second-order valence-corrected chi connectivity index (χ2v) is 7.36. The molecule has 0 aliphatic carbocycles. The third kappa shape index (κ3) is 3.56. The first-order valence-electron chi connectivity index (χ1n) is 9.48. The van der Waals surface area contributed by atoms with Crippen molar-refractivity contribution in [1.29, 1.82) is 0 Å². The Hall–Kier alpha value is -1.61. The molecule has 0 spiro atoms. The van der Waals surface area contributed by atoms with E-state index in [-0.39, 0.29) is 5.43 Å². The Morgan fingerprint density at radius 3 is 2.88 bits per heavy atom. The van der Waals surface area contributed by atoms with Gasteiger partial charge in [0.1, 0.15) is 0 Å². The van der Waals surface area contributed by atoms with E-state index in [9.17, 15) is 4.79 Å². The van der Waals surface area contributed by atoms with E-state index in [1.165, 1.54) is 37.7 Å². The Kier molecular flexibility index (Phi) is 5.40. The summed E-state index contributed by atoms with van der Waals surface area (Å²) in [4.78, 5) is 19.0. The third-order valence-corrected chi connectivity index (χ3v) is 5.50. The lowest BCUT2D eigenvalue weighted by molar-refractivity contribution is 0.152. The maximum absolute atomic E-state index is 13.1. The summed E-state index contributed by atoms with van der Waals surface area (Å²) in [6.45, 7) is 8.41. The van der Waals surface area contributed by atoms with Gasteiger partial charge in [0.15, 0.2) is 5.43 Å². The van der Waals surface area contributed by atoms with Crippen LogP contribution in [0.4, 0.5) is 0 Å². The van der Waals surface area contributed by atoms with Crippen molar-refractivity contribution in [1.82, 2.24) is 9.88 Å². The first-order chi connectivity index (χ1) is 11.6. The Balaban J connectivity index is 1.96. The number of aromatic amines is 1. The first kappa shape index (κ1) is 17.2. The Morgan fingerprint density at radius 2 is 2.12 bits per heavy atom. The number of unbranched alkanes of at least 4 members (excludes halogenated alkanes) is 1. The molecule has 0 saturated carbocycles. The molecule has 2 aromatic rings. The van der Waals surface area contributed by atoms with E-state index >= 15 is 0 Å². The van der Waals surface area contributed by atoms with Crippen molar-refractivity contribution in [3.05, 3.63) is 45.2 Å². The van der Waals surface area contributed by atoms with Gasteiger partial charge < -0.3 is 4.98 Å². The summed E-state index contributed by atoms with van der Waals surface area (Å²) in [5.74, 6) is 0. The van der Waals surface area contributed by atoms with Crippen molar-refractivity contribution >= 4 is 10.9 Å². The third-order valence-electron chi connectivity index (χ3n) is 5.50. The molecule has 1 aliphatic heterocycles. The minimum Gasteiger partial charge on any atom is -0.358 e. The lowest BCUT2D eigenvalue weighted by Gasteiger charge is -2.33. The molecule has 2 heterocycles. The number of rotatable bonds is 5. The molecule has 3 rings (SSSR count). The van der Waals surface area contributed by atoms with Crippen LogP contribution < -0.4 is 5.43 Å². The number of nitrogens with one attached hydrogen (secondary N) is 1. The van der Waals surface area contributed by atoms with Crippen LogP contribution in [0.1, 0.15) is 62.8 Å². The lowest BCUT2D eigenvalue weighted by atomic mass is 10.0. The summed E-state index contributed by atoms with van der Waals surface area (Å²) in [5, 5.41) is 0.855. The van der Waals surface area contributed by atoms with E-state index in [4.69, 9.17) is 0 Å². The van der Waals surface area contributed by atoms with Crippen molar-refractivity contribution in [3.63, 3.8) is 0 Å². The minimum absolute atomic E-state index is 0.220. The quantitative estimate of drug-likeness (QED) is 0.875.